The van der Waals surface area contributed by atoms with E-state index in [1.54, 1.807) is 18.2 Å². The molecular weight excluding hydrogens is 289 g/mol. The molecule has 1 unspecified atom stereocenters. The molecule has 0 radical (unpaired) electrons. The molecule has 0 bridgehead atoms. The molecule has 1 fully saturated rings. The SMILES string of the molecule is O=C(Cc1ccc(Cl)cc1)N1CCC1c1cccc(F)c1. The van der Waals surface area contributed by atoms with Crippen molar-refractivity contribution in [2.24, 2.45) is 0 Å². The Balaban J connectivity index is 1.69. The summed E-state index contributed by atoms with van der Waals surface area (Å²) in [5, 5.41) is 0.660. The van der Waals surface area contributed by atoms with Gasteiger partial charge in [0.2, 0.25) is 5.91 Å². The minimum Gasteiger partial charge on any atom is -0.335 e. The van der Waals surface area contributed by atoms with Crippen molar-refractivity contribution < 1.29 is 9.18 Å². The van der Waals surface area contributed by atoms with E-state index in [0.29, 0.717) is 11.4 Å². The summed E-state index contributed by atoms with van der Waals surface area (Å²) in [6.07, 6.45) is 1.23. The van der Waals surface area contributed by atoms with Crippen molar-refractivity contribution >= 4 is 17.5 Å². The Labute approximate surface area is 128 Å². The third-order valence-electron chi connectivity index (χ3n) is 3.84. The molecular formula is C17H15ClFNO. The Morgan fingerprint density at radius 3 is 2.62 bits per heavy atom. The minimum atomic E-state index is -0.260. The summed E-state index contributed by atoms with van der Waals surface area (Å²) >= 11 is 5.84. The Morgan fingerprint density at radius 1 is 1.24 bits per heavy atom. The van der Waals surface area contributed by atoms with Crippen molar-refractivity contribution in [3.8, 4) is 0 Å². The highest BCUT2D eigenvalue weighted by Crippen LogP contribution is 2.33. The number of benzene rings is 2. The summed E-state index contributed by atoms with van der Waals surface area (Å²) < 4.78 is 13.3. The lowest BCUT2D eigenvalue weighted by molar-refractivity contribution is -0.138. The maximum absolute atomic E-state index is 13.3. The number of halogens is 2. The van der Waals surface area contributed by atoms with E-state index in [-0.39, 0.29) is 17.8 Å². The first-order valence-electron chi connectivity index (χ1n) is 6.93. The zero-order valence-corrected chi connectivity index (χ0v) is 12.2. The smallest absolute Gasteiger partial charge is 0.227 e. The molecule has 0 N–H and O–H groups in total. The van der Waals surface area contributed by atoms with Crippen LogP contribution in [0.25, 0.3) is 0 Å². The van der Waals surface area contributed by atoms with E-state index in [1.165, 1.54) is 12.1 Å². The van der Waals surface area contributed by atoms with Crippen LogP contribution in [0.4, 0.5) is 4.39 Å². The van der Waals surface area contributed by atoms with Crippen molar-refractivity contribution in [3.63, 3.8) is 0 Å². The fourth-order valence-electron chi connectivity index (χ4n) is 2.62. The first-order valence-corrected chi connectivity index (χ1v) is 7.30. The molecule has 2 nitrogen and oxygen atoms in total. The van der Waals surface area contributed by atoms with Crippen LogP contribution in [0.5, 0.6) is 0 Å². The number of amides is 1. The average Bonchev–Trinajstić information content (AvgIpc) is 2.40. The zero-order valence-electron chi connectivity index (χ0n) is 11.4. The number of rotatable bonds is 3. The molecule has 0 aromatic heterocycles. The number of carbonyl (C=O) groups excluding carboxylic acids is 1. The molecule has 0 spiro atoms. The third-order valence-corrected chi connectivity index (χ3v) is 4.09. The molecule has 21 heavy (non-hydrogen) atoms. The van der Waals surface area contributed by atoms with Gasteiger partial charge >= 0.3 is 0 Å². The van der Waals surface area contributed by atoms with E-state index in [0.717, 1.165) is 24.1 Å². The first-order chi connectivity index (χ1) is 10.1. The maximum Gasteiger partial charge on any atom is 0.227 e. The Morgan fingerprint density at radius 2 is 2.00 bits per heavy atom. The van der Waals surface area contributed by atoms with Crippen molar-refractivity contribution in [2.75, 3.05) is 6.54 Å². The molecule has 1 aliphatic rings. The Bertz CT molecular complexity index is 656. The van der Waals surface area contributed by atoms with E-state index in [4.69, 9.17) is 11.6 Å². The van der Waals surface area contributed by atoms with Gasteiger partial charge in [-0.1, -0.05) is 35.9 Å². The summed E-state index contributed by atoms with van der Waals surface area (Å²) in [6, 6.07) is 13.8. The Hall–Kier alpha value is -1.87. The lowest BCUT2D eigenvalue weighted by Gasteiger charge is -2.41. The second-order valence-corrected chi connectivity index (χ2v) is 5.69. The number of hydrogen-bond acceptors (Lipinski definition) is 1. The zero-order chi connectivity index (χ0) is 14.8. The molecule has 108 valence electrons. The van der Waals surface area contributed by atoms with Gasteiger partial charge in [-0.05, 0) is 41.8 Å². The third kappa shape index (κ3) is 3.08. The predicted octanol–water partition coefficient (Wildman–Crippen LogP) is 4.00. The van der Waals surface area contributed by atoms with Gasteiger partial charge < -0.3 is 4.90 Å². The topological polar surface area (TPSA) is 20.3 Å². The second kappa shape index (κ2) is 5.86. The van der Waals surface area contributed by atoms with Crippen LogP contribution in [-0.2, 0) is 11.2 Å². The fraction of sp³-hybridized carbons (Fsp3) is 0.235. The van der Waals surface area contributed by atoms with Crippen LogP contribution in [-0.4, -0.2) is 17.4 Å². The standard InChI is InChI=1S/C17H15ClFNO/c18-14-6-4-12(5-7-14)10-17(21)20-9-8-16(20)13-2-1-3-15(19)11-13/h1-7,11,16H,8-10H2. The van der Waals surface area contributed by atoms with Gasteiger partial charge in [-0.25, -0.2) is 4.39 Å². The van der Waals surface area contributed by atoms with Gasteiger partial charge in [0.1, 0.15) is 5.82 Å². The average molecular weight is 304 g/mol. The van der Waals surface area contributed by atoms with Crippen molar-refractivity contribution in [1.29, 1.82) is 0 Å². The molecule has 0 aliphatic carbocycles. The second-order valence-electron chi connectivity index (χ2n) is 5.25. The van der Waals surface area contributed by atoms with Crippen LogP contribution in [0.2, 0.25) is 5.02 Å². The summed E-state index contributed by atoms with van der Waals surface area (Å²) in [4.78, 5) is 14.2. The van der Waals surface area contributed by atoms with Crippen molar-refractivity contribution in [1.82, 2.24) is 4.90 Å². The number of nitrogens with zero attached hydrogens (tertiary/aromatic N) is 1. The quantitative estimate of drug-likeness (QED) is 0.839. The van der Waals surface area contributed by atoms with Crippen LogP contribution < -0.4 is 0 Å². The largest absolute Gasteiger partial charge is 0.335 e. The van der Waals surface area contributed by atoms with Crippen molar-refractivity contribution in [3.05, 3.63) is 70.5 Å². The van der Waals surface area contributed by atoms with Crippen LogP contribution in [0.3, 0.4) is 0 Å². The summed E-state index contributed by atoms with van der Waals surface area (Å²) in [5.41, 5.74) is 1.81. The molecule has 2 aromatic carbocycles. The van der Waals surface area contributed by atoms with Crippen LogP contribution in [0.15, 0.2) is 48.5 Å². The number of carbonyl (C=O) groups is 1. The molecule has 1 amide bonds. The summed E-state index contributed by atoms with van der Waals surface area (Å²) in [6.45, 7) is 0.730. The van der Waals surface area contributed by atoms with Gasteiger partial charge in [-0.3, -0.25) is 4.79 Å². The molecule has 1 saturated heterocycles. The van der Waals surface area contributed by atoms with Crippen LogP contribution in [0.1, 0.15) is 23.6 Å². The predicted molar refractivity (Wildman–Crippen MR) is 80.6 cm³/mol. The molecule has 0 saturated carbocycles. The minimum absolute atomic E-state index is 0.000463. The summed E-state index contributed by atoms with van der Waals surface area (Å²) in [7, 11) is 0. The monoisotopic (exact) mass is 303 g/mol. The molecule has 1 aliphatic heterocycles. The van der Waals surface area contributed by atoms with Crippen LogP contribution >= 0.6 is 11.6 Å². The highest BCUT2D eigenvalue weighted by Gasteiger charge is 2.33. The molecule has 1 heterocycles. The molecule has 4 heteroatoms. The van der Waals surface area contributed by atoms with Gasteiger partial charge in [0.25, 0.3) is 0 Å². The van der Waals surface area contributed by atoms with E-state index in [1.807, 2.05) is 23.1 Å². The van der Waals surface area contributed by atoms with E-state index < -0.39 is 0 Å². The molecule has 1 atom stereocenters. The van der Waals surface area contributed by atoms with Crippen molar-refractivity contribution in [2.45, 2.75) is 18.9 Å². The Kier molecular flexibility index (Phi) is 3.93. The lowest BCUT2D eigenvalue weighted by atomic mass is 9.93. The van der Waals surface area contributed by atoms with Crippen LogP contribution in [0, 0.1) is 5.82 Å². The highest BCUT2D eigenvalue weighted by atomic mass is 35.5. The molecule has 2 aromatic rings. The maximum atomic E-state index is 13.3. The van der Waals surface area contributed by atoms with Gasteiger partial charge in [0.15, 0.2) is 0 Å². The molecule has 3 rings (SSSR count). The van der Waals surface area contributed by atoms with Gasteiger partial charge in [-0.2, -0.15) is 0 Å². The van der Waals surface area contributed by atoms with E-state index in [9.17, 15) is 9.18 Å². The van der Waals surface area contributed by atoms with E-state index >= 15 is 0 Å². The van der Waals surface area contributed by atoms with Gasteiger partial charge in [-0.15, -0.1) is 0 Å². The normalized spacial score (nSPS) is 17.4. The van der Waals surface area contributed by atoms with Gasteiger partial charge in [0.05, 0.1) is 12.5 Å². The van der Waals surface area contributed by atoms with E-state index in [2.05, 4.69) is 0 Å². The summed E-state index contributed by atoms with van der Waals surface area (Å²) in [5.74, 6) is -0.192. The number of likely N-dealkylation sites (tertiary alicyclic amines) is 1. The lowest BCUT2D eigenvalue weighted by Crippen LogP contribution is -2.45. The first kappa shape index (κ1) is 14.1. The highest BCUT2D eigenvalue weighted by molar-refractivity contribution is 6.30. The fourth-order valence-corrected chi connectivity index (χ4v) is 2.75. The van der Waals surface area contributed by atoms with Gasteiger partial charge in [0, 0.05) is 11.6 Å². The number of hydrogen-bond donors (Lipinski definition) is 0.